The Hall–Kier alpha value is -1.90. The van der Waals surface area contributed by atoms with Crippen LogP contribution in [0, 0.1) is 16.7 Å². The summed E-state index contributed by atoms with van der Waals surface area (Å²) in [6.07, 6.45) is 0. The van der Waals surface area contributed by atoms with Gasteiger partial charge in [-0.1, -0.05) is 19.1 Å². The van der Waals surface area contributed by atoms with Crippen molar-refractivity contribution < 1.29 is 15.0 Å². The number of rotatable bonds is 5. The van der Waals surface area contributed by atoms with E-state index in [1.807, 2.05) is 6.07 Å². The van der Waals surface area contributed by atoms with Crippen LogP contribution in [0.1, 0.15) is 22.8 Å². The Morgan fingerprint density at radius 1 is 1.37 bits per heavy atom. The molecule has 0 aliphatic heterocycles. The van der Waals surface area contributed by atoms with Crippen LogP contribution >= 0.6 is 0 Å². The molecule has 0 saturated heterocycles. The van der Waals surface area contributed by atoms with Gasteiger partial charge in [-0.05, 0) is 12.1 Å². The Morgan fingerprint density at radius 3 is 2.47 bits per heavy atom. The first kappa shape index (κ1) is 15.2. The van der Waals surface area contributed by atoms with Crippen LogP contribution in [0.4, 0.5) is 0 Å². The van der Waals surface area contributed by atoms with Crippen molar-refractivity contribution in [2.45, 2.75) is 6.92 Å². The molecule has 19 heavy (non-hydrogen) atoms. The third-order valence-corrected chi connectivity index (χ3v) is 3.01. The lowest BCUT2D eigenvalue weighted by Gasteiger charge is -2.30. The molecule has 1 rings (SSSR count). The summed E-state index contributed by atoms with van der Waals surface area (Å²) in [5, 5.41) is 27.4. The molecule has 2 N–H and O–H groups in total. The van der Waals surface area contributed by atoms with Crippen LogP contribution in [0.5, 0.6) is 0 Å². The minimum Gasteiger partial charge on any atom is -0.396 e. The van der Waals surface area contributed by atoms with Crippen molar-refractivity contribution in [3.63, 3.8) is 0 Å². The molecule has 0 spiro atoms. The molecule has 1 aromatic carbocycles. The van der Waals surface area contributed by atoms with Crippen molar-refractivity contribution in [3.8, 4) is 6.07 Å². The van der Waals surface area contributed by atoms with E-state index in [1.165, 1.54) is 4.90 Å². The first-order valence-corrected chi connectivity index (χ1v) is 5.94. The summed E-state index contributed by atoms with van der Waals surface area (Å²) in [6.45, 7) is 1.45. The Morgan fingerprint density at radius 2 is 1.95 bits per heavy atom. The SMILES string of the molecule is CN(CC(C)(CO)CO)C(=O)c1ccccc1C#N. The quantitative estimate of drug-likeness (QED) is 0.814. The van der Waals surface area contributed by atoms with Gasteiger partial charge in [-0.2, -0.15) is 5.26 Å². The topological polar surface area (TPSA) is 84.6 Å². The van der Waals surface area contributed by atoms with E-state index >= 15 is 0 Å². The van der Waals surface area contributed by atoms with E-state index in [9.17, 15) is 15.0 Å². The van der Waals surface area contributed by atoms with Crippen LogP contribution < -0.4 is 0 Å². The van der Waals surface area contributed by atoms with Crippen molar-refractivity contribution in [1.82, 2.24) is 4.90 Å². The van der Waals surface area contributed by atoms with Gasteiger partial charge in [0.25, 0.3) is 5.91 Å². The van der Waals surface area contributed by atoms with E-state index in [0.29, 0.717) is 11.1 Å². The number of aliphatic hydroxyl groups is 2. The van der Waals surface area contributed by atoms with Crippen molar-refractivity contribution in [2.75, 3.05) is 26.8 Å². The summed E-state index contributed by atoms with van der Waals surface area (Å²) in [7, 11) is 1.58. The second-order valence-corrected chi connectivity index (χ2v) is 4.95. The van der Waals surface area contributed by atoms with Gasteiger partial charge in [-0.25, -0.2) is 0 Å². The van der Waals surface area contributed by atoms with Crippen LogP contribution in [0.3, 0.4) is 0 Å². The number of benzene rings is 1. The van der Waals surface area contributed by atoms with Crippen LogP contribution in [-0.2, 0) is 0 Å². The third-order valence-electron chi connectivity index (χ3n) is 3.01. The Bertz CT molecular complexity index is 490. The molecule has 1 amide bonds. The summed E-state index contributed by atoms with van der Waals surface area (Å²) in [4.78, 5) is 13.7. The molecule has 0 saturated carbocycles. The highest BCUT2D eigenvalue weighted by molar-refractivity contribution is 5.96. The van der Waals surface area contributed by atoms with Gasteiger partial charge in [0, 0.05) is 19.0 Å². The number of hydrogen-bond acceptors (Lipinski definition) is 4. The molecule has 5 nitrogen and oxygen atoms in total. The monoisotopic (exact) mass is 262 g/mol. The maximum absolute atomic E-state index is 12.2. The van der Waals surface area contributed by atoms with Gasteiger partial charge >= 0.3 is 0 Å². The Kier molecular flexibility index (Phi) is 5.04. The summed E-state index contributed by atoms with van der Waals surface area (Å²) in [6, 6.07) is 8.54. The molecule has 0 heterocycles. The molecule has 0 unspecified atom stereocenters. The van der Waals surface area contributed by atoms with E-state index in [-0.39, 0.29) is 25.7 Å². The number of aliphatic hydroxyl groups excluding tert-OH is 2. The fraction of sp³-hybridized carbons (Fsp3) is 0.429. The number of nitriles is 1. The average Bonchev–Trinajstić information content (AvgIpc) is 2.46. The molecule has 1 aromatic rings. The van der Waals surface area contributed by atoms with Gasteiger partial charge in [0.2, 0.25) is 0 Å². The first-order valence-electron chi connectivity index (χ1n) is 5.94. The van der Waals surface area contributed by atoms with E-state index in [0.717, 1.165) is 0 Å². The van der Waals surface area contributed by atoms with Crippen LogP contribution in [0.25, 0.3) is 0 Å². The second-order valence-electron chi connectivity index (χ2n) is 4.95. The Balaban J connectivity index is 2.92. The van der Waals surface area contributed by atoms with Crippen LogP contribution in [0.2, 0.25) is 0 Å². The standard InChI is InChI=1S/C14H18N2O3/c1-14(9-17,10-18)8-16(2)13(19)12-6-4-3-5-11(12)7-15/h3-6,17-18H,8-10H2,1-2H3. The van der Waals surface area contributed by atoms with Crippen molar-refractivity contribution in [1.29, 1.82) is 5.26 Å². The highest BCUT2D eigenvalue weighted by atomic mass is 16.3. The summed E-state index contributed by atoms with van der Waals surface area (Å²) in [5.74, 6) is -0.301. The molecular weight excluding hydrogens is 244 g/mol. The lowest BCUT2D eigenvalue weighted by molar-refractivity contribution is 0.0366. The van der Waals surface area contributed by atoms with Gasteiger partial charge in [-0.3, -0.25) is 4.79 Å². The molecule has 0 aliphatic rings. The predicted molar refractivity (Wildman–Crippen MR) is 70.4 cm³/mol. The lowest BCUT2D eigenvalue weighted by Crippen LogP contribution is -2.41. The molecule has 0 bridgehead atoms. The zero-order valence-corrected chi connectivity index (χ0v) is 11.1. The molecular formula is C14H18N2O3. The lowest BCUT2D eigenvalue weighted by atomic mass is 9.92. The Labute approximate surface area is 112 Å². The average molecular weight is 262 g/mol. The first-order chi connectivity index (χ1) is 8.97. The zero-order valence-electron chi connectivity index (χ0n) is 11.1. The van der Waals surface area contributed by atoms with E-state index < -0.39 is 5.41 Å². The van der Waals surface area contributed by atoms with Crippen LogP contribution in [-0.4, -0.2) is 47.8 Å². The molecule has 0 aromatic heterocycles. The molecule has 0 atom stereocenters. The summed E-state index contributed by atoms with van der Waals surface area (Å²) >= 11 is 0. The number of carbonyl (C=O) groups excluding carboxylic acids is 1. The largest absolute Gasteiger partial charge is 0.396 e. The summed E-state index contributed by atoms with van der Waals surface area (Å²) in [5.41, 5.74) is -0.119. The fourth-order valence-electron chi connectivity index (χ4n) is 1.77. The van der Waals surface area contributed by atoms with E-state index in [4.69, 9.17) is 5.26 Å². The van der Waals surface area contributed by atoms with Gasteiger partial charge < -0.3 is 15.1 Å². The molecule has 102 valence electrons. The maximum Gasteiger partial charge on any atom is 0.254 e. The normalized spacial score (nSPS) is 10.9. The smallest absolute Gasteiger partial charge is 0.254 e. The highest BCUT2D eigenvalue weighted by Gasteiger charge is 2.27. The van der Waals surface area contributed by atoms with E-state index in [2.05, 4.69) is 0 Å². The van der Waals surface area contributed by atoms with Crippen molar-refractivity contribution in [3.05, 3.63) is 35.4 Å². The minimum absolute atomic E-state index is 0.207. The summed E-state index contributed by atoms with van der Waals surface area (Å²) < 4.78 is 0. The van der Waals surface area contributed by atoms with Crippen molar-refractivity contribution in [2.24, 2.45) is 5.41 Å². The number of nitrogens with zero attached hydrogens (tertiary/aromatic N) is 2. The zero-order chi connectivity index (χ0) is 14.5. The molecule has 0 radical (unpaired) electrons. The highest BCUT2D eigenvalue weighted by Crippen LogP contribution is 2.18. The molecule has 5 heteroatoms. The van der Waals surface area contributed by atoms with Gasteiger partial charge in [0.1, 0.15) is 0 Å². The van der Waals surface area contributed by atoms with Crippen molar-refractivity contribution >= 4 is 5.91 Å². The van der Waals surface area contributed by atoms with Gasteiger partial charge in [0.15, 0.2) is 0 Å². The van der Waals surface area contributed by atoms with E-state index in [1.54, 1.807) is 38.2 Å². The molecule has 0 fully saturated rings. The van der Waals surface area contributed by atoms with Gasteiger partial charge in [-0.15, -0.1) is 0 Å². The second kappa shape index (κ2) is 6.32. The number of carbonyl (C=O) groups is 1. The predicted octanol–water partition coefficient (Wildman–Crippen LogP) is 0.621. The minimum atomic E-state index is -0.758. The maximum atomic E-state index is 12.2. The number of amides is 1. The van der Waals surface area contributed by atoms with Gasteiger partial charge in [0.05, 0.1) is 30.4 Å². The molecule has 0 aliphatic carbocycles. The number of hydrogen-bond donors (Lipinski definition) is 2. The van der Waals surface area contributed by atoms with Crippen LogP contribution in [0.15, 0.2) is 24.3 Å². The third kappa shape index (κ3) is 3.53. The fourth-order valence-corrected chi connectivity index (χ4v) is 1.77.